The summed E-state index contributed by atoms with van der Waals surface area (Å²) in [5.74, 6) is -1.37. The van der Waals surface area contributed by atoms with E-state index in [0.29, 0.717) is 18.6 Å². The summed E-state index contributed by atoms with van der Waals surface area (Å²) in [7, 11) is 0. The van der Waals surface area contributed by atoms with Gasteiger partial charge in [-0.05, 0) is 24.6 Å². The van der Waals surface area contributed by atoms with Crippen LogP contribution in [0, 0.1) is 5.92 Å². The standard InChI is InChI=1S/C13H12F6O/c1-3-7(2)11(20)8-4-9(12(14,15)16)6-10(5-8)13(17,18)19/h4-7H,3H2,1-2H3. The van der Waals surface area contributed by atoms with Crippen molar-refractivity contribution < 1.29 is 31.1 Å². The van der Waals surface area contributed by atoms with E-state index >= 15 is 0 Å². The summed E-state index contributed by atoms with van der Waals surface area (Å²) in [6.07, 6.45) is -9.55. The van der Waals surface area contributed by atoms with Crippen molar-refractivity contribution >= 4 is 5.78 Å². The van der Waals surface area contributed by atoms with Gasteiger partial charge in [-0.15, -0.1) is 0 Å². The number of carbonyl (C=O) groups excluding carboxylic acids is 1. The Hall–Kier alpha value is -1.53. The maximum Gasteiger partial charge on any atom is 0.416 e. The Morgan fingerprint density at radius 1 is 1.00 bits per heavy atom. The number of benzene rings is 1. The van der Waals surface area contributed by atoms with Gasteiger partial charge in [-0.3, -0.25) is 4.79 Å². The SMILES string of the molecule is CCC(C)C(=O)c1cc(C(F)(F)F)cc(C(F)(F)F)c1. The average Bonchev–Trinajstić information content (AvgIpc) is 2.34. The molecule has 7 heteroatoms. The van der Waals surface area contributed by atoms with E-state index in [9.17, 15) is 31.1 Å². The molecule has 0 fully saturated rings. The average molecular weight is 298 g/mol. The zero-order valence-corrected chi connectivity index (χ0v) is 10.7. The van der Waals surface area contributed by atoms with Gasteiger partial charge in [0.2, 0.25) is 0 Å². The highest BCUT2D eigenvalue weighted by molar-refractivity contribution is 5.98. The van der Waals surface area contributed by atoms with Crippen LogP contribution in [0.3, 0.4) is 0 Å². The fraction of sp³-hybridized carbons (Fsp3) is 0.462. The molecule has 0 bridgehead atoms. The molecule has 0 heterocycles. The van der Waals surface area contributed by atoms with Crippen molar-refractivity contribution in [3.05, 3.63) is 34.9 Å². The number of hydrogen-bond donors (Lipinski definition) is 0. The van der Waals surface area contributed by atoms with Crippen LogP contribution in [-0.2, 0) is 12.4 Å². The molecule has 0 radical (unpaired) electrons. The second-order valence-electron chi connectivity index (χ2n) is 4.47. The summed E-state index contributed by atoms with van der Waals surface area (Å²) in [4.78, 5) is 11.8. The van der Waals surface area contributed by atoms with E-state index in [1.54, 1.807) is 6.92 Å². The molecule has 1 aromatic rings. The van der Waals surface area contributed by atoms with Crippen LogP contribution >= 0.6 is 0 Å². The molecule has 20 heavy (non-hydrogen) atoms. The third-order valence-corrected chi connectivity index (χ3v) is 2.93. The van der Waals surface area contributed by atoms with Gasteiger partial charge < -0.3 is 0 Å². The van der Waals surface area contributed by atoms with E-state index in [1.165, 1.54) is 6.92 Å². The van der Waals surface area contributed by atoms with Crippen LogP contribution in [0.5, 0.6) is 0 Å². The molecule has 1 unspecified atom stereocenters. The third kappa shape index (κ3) is 3.74. The number of rotatable bonds is 3. The van der Waals surface area contributed by atoms with Crippen LogP contribution < -0.4 is 0 Å². The van der Waals surface area contributed by atoms with Crippen LogP contribution in [-0.4, -0.2) is 5.78 Å². The van der Waals surface area contributed by atoms with Crippen molar-refractivity contribution in [2.24, 2.45) is 5.92 Å². The van der Waals surface area contributed by atoms with Gasteiger partial charge in [0.05, 0.1) is 11.1 Å². The lowest BCUT2D eigenvalue weighted by molar-refractivity contribution is -0.143. The minimum atomic E-state index is -4.94. The first kappa shape index (κ1) is 16.5. The zero-order chi connectivity index (χ0) is 15.7. The molecule has 0 aliphatic carbocycles. The minimum absolute atomic E-state index is 0.00733. The normalized spacial score (nSPS) is 14.2. The fourth-order valence-corrected chi connectivity index (χ4v) is 1.57. The van der Waals surface area contributed by atoms with Gasteiger partial charge in [0.25, 0.3) is 0 Å². The Labute approximate surface area is 111 Å². The van der Waals surface area contributed by atoms with E-state index in [4.69, 9.17) is 0 Å². The Morgan fingerprint density at radius 2 is 1.40 bits per heavy atom. The lowest BCUT2D eigenvalue weighted by Gasteiger charge is -2.15. The molecule has 0 aliphatic heterocycles. The molecule has 112 valence electrons. The molecule has 0 aliphatic rings. The van der Waals surface area contributed by atoms with Crippen LogP contribution in [0.2, 0.25) is 0 Å². The number of carbonyl (C=O) groups is 1. The predicted octanol–water partition coefficient (Wildman–Crippen LogP) is 4.95. The van der Waals surface area contributed by atoms with Gasteiger partial charge in [-0.25, -0.2) is 0 Å². The van der Waals surface area contributed by atoms with E-state index in [-0.39, 0.29) is 6.07 Å². The number of hydrogen-bond acceptors (Lipinski definition) is 1. The Balaban J connectivity index is 3.42. The summed E-state index contributed by atoms with van der Waals surface area (Å²) in [5.41, 5.74) is -3.51. The lowest BCUT2D eigenvalue weighted by Crippen LogP contribution is -2.16. The second kappa shape index (κ2) is 5.46. The molecule has 1 atom stereocenters. The number of ketones is 1. The van der Waals surface area contributed by atoms with Crippen molar-refractivity contribution in [2.45, 2.75) is 32.6 Å². The second-order valence-corrected chi connectivity index (χ2v) is 4.47. The highest BCUT2D eigenvalue weighted by Crippen LogP contribution is 2.36. The molecular formula is C13H12F6O. The molecule has 0 aromatic heterocycles. The highest BCUT2D eigenvalue weighted by atomic mass is 19.4. The van der Waals surface area contributed by atoms with E-state index < -0.39 is 40.7 Å². The van der Waals surface area contributed by atoms with Gasteiger partial charge in [0.15, 0.2) is 5.78 Å². The van der Waals surface area contributed by atoms with Gasteiger partial charge in [-0.2, -0.15) is 26.3 Å². The Morgan fingerprint density at radius 3 is 1.70 bits per heavy atom. The topological polar surface area (TPSA) is 17.1 Å². The summed E-state index contributed by atoms with van der Waals surface area (Å²) in [5, 5.41) is 0. The van der Waals surface area contributed by atoms with Gasteiger partial charge >= 0.3 is 12.4 Å². The smallest absolute Gasteiger partial charge is 0.294 e. The Bertz CT molecular complexity index is 468. The lowest BCUT2D eigenvalue weighted by atomic mass is 9.94. The quantitative estimate of drug-likeness (QED) is 0.570. The first-order valence-electron chi connectivity index (χ1n) is 5.80. The predicted molar refractivity (Wildman–Crippen MR) is 60.2 cm³/mol. The van der Waals surface area contributed by atoms with Crippen molar-refractivity contribution in [1.82, 2.24) is 0 Å². The van der Waals surface area contributed by atoms with E-state index in [1.807, 2.05) is 0 Å². The number of Topliss-reactive ketones (excluding diaryl/α,β-unsaturated/α-hetero) is 1. The Kier molecular flexibility index (Phi) is 4.51. The summed E-state index contributed by atoms with van der Waals surface area (Å²) >= 11 is 0. The van der Waals surface area contributed by atoms with Crippen molar-refractivity contribution in [2.75, 3.05) is 0 Å². The largest absolute Gasteiger partial charge is 0.416 e. The molecular weight excluding hydrogens is 286 g/mol. The monoisotopic (exact) mass is 298 g/mol. The molecule has 0 saturated carbocycles. The van der Waals surface area contributed by atoms with Crippen molar-refractivity contribution in [1.29, 1.82) is 0 Å². The van der Waals surface area contributed by atoms with Crippen LogP contribution in [0.1, 0.15) is 41.8 Å². The highest BCUT2D eigenvalue weighted by Gasteiger charge is 2.37. The third-order valence-electron chi connectivity index (χ3n) is 2.93. The summed E-state index contributed by atoms with van der Waals surface area (Å²) in [6.45, 7) is 3.08. The summed E-state index contributed by atoms with van der Waals surface area (Å²) in [6, 6.07) is 0.931. The molecule has 0 spiro atoms. The maximum absolute atomic E-state index is 12.6. The molecule has 0 saturated heterocycles. The van der Waals surface area contributed by atoms with Gasteiger partial charge in [0.1, 0.15) is 0 Å². The van der Waals surface area contributed by atoms with E-state index in [0.717, 1.165) is 0 Å². The van der Waals surface area contributed by atoms with Gasteiger partial charge in [-0.1, -0.05) is 13.8 Å². The number of alkyl halides is 6. The zero-order valence-electron chi connectivity index (χ0n) is 10.7. The summed E-state index contributed by atoms with van der Waals surface area (Å²) < 4.78 is 75.6. The van der Waals surface area contributed by atoms with Crippen LogP contribution in [0.15, 0.2) is 18.2 Å². The molecule has 1 nitrogen and oxygen atoms in total. The number of halogens is 6. The van der Waals surface area contributed by atoms with Crippen LogP contribution in [0.4, 0.5) is 26.3 Å². The van der Waals surface area contributed by atoms with E-state index in [2.05, 4.69) is 0 Å². The van der Waals surface area contributed by atoms with Crippen molar-refractivity contribution in [3.63, 3.8) is 0 Å². The molecule has 1 rings (SSSR count). The maximum atomic E-state index is 12.6. The molecule has 0 amide bonds. The van der Waals surface area contributed by atoms with Crippen molar-refractivity contribution in [3.8, 4) is 0 Å². The fourth-order valence-electron chi connectivity index (χ4n) is 1.57. The first-order valence-corrected chi connectivity index (χ1v) is 5.80. The minimum Gasteiger partial charge on any atom is -0.294 e. The first-order chi connectivity index (χ1) is 8.96. The molecule has 0 N–H and O–H groups in total. The van der Waals surface area contributed by atoms with Crippen LogP contribution in [0.25, 0.3) is 0 Å². The van der Waals surface area contributed by atoms with Gasteiger partial charge in [0, 0.05) is 11.5 Å². The molecule has 1 aromatic carbocycles.